The van der Waals surface area contributed by atoms with Gasteiger partial charge in [0.2, 0.25) is 5.91 Å². The average molecular weight is 295 g/mol. The third kappa shape index (κ3) is 2.26. The first-order chi connectivity index (χ1) is 9.91. The molecule has 3 rings (SSSR count). The van der Waals surface area contributed by atoms with Crippen molar-refractivity contribution in [2.24, 2.45) is 23.7 Å². The van der Waals surface area contributed by atoms with E-state index in [1.807, 2.05) is 20.8 Å². The normalized spacial score (nSPS) is 45.9. The van der Waals surface area contributed by atoms with Gasteiger partial charge in [-0.2, -0.15) is 0 Å². The summed E-state index contributed by atoms with van der Waals surface area (Å²) in [5, 5.41) is 9.58. The number of carbonyl (C=O) groups is 2. The molecule has 5 nitrogen and oxygen atoms in total. The van der Waals surface area contributed by atoms with Crippen LogP contribution < -0.4 is 0 Å². The van der Waals surface area contributed by atoms with E-state index in [9.17, 15) is 14.7 Å². The highest BCUT2D eigenvalue weighted by Gasteiger charge is 2.53. The van der Waals surface area contributed by atoms with Gasteiger partial charge in [0.05, 0.1) is 18.1 Å². The number of rotatable bonds is 2. The van der Waals surface area contributed by atoms with Crippen LogP contribution in [0, 0.1) is 23.7 Å². The Morgan fingerprint density at radius 2 is 1.86 bits per heavy atom. The van der Waals surface area contributed by atoms with Crippen molar-refractivity contribution in [1.29, 1.82) is 0 Å². The molecule has 21 heavy (non-hydrogen) atoms. The van der Waals surface area contributed by atoms with Crippen molar-refractivity contribution in [3.63, 3.8) is 0 Å². The van der Waals surface area contributed by atoms with Crippen LogP contribution >= 0.6 is 0 Å². The van der Waals surface area contributed by atoms with Gasteiger partial charge >= 0.3 is 5.97 Å². The van der Waals surface area contributed by atoms with Crippen molar-refractivity contribution in [3.8, 4) is 0 Å². The number of hydrogen-bond donors (Lipinski definition) is 1. The molecule has 0 aromatic rings. The molecule has 0 spiro atoms. The van der Waals surface area contributed by atoms with Crippen LogP contribution in [0.2, 0.25) is 0 Å². The summed E-state index contributed by atoms with van der Waals surface area (Å²) in [5.41, 5.74) is 0. The molecule has 1 aliphatic carbocycles. The number of aliphatic carboxylic acids is 1. The van der Waals surface area contributed by atoms with Gasteiger partial charge in [0.1, 0.15) is 6.04 Å². The molecule has 2 heterocycles. The lowest BCUT2D eigenvalue weighted by Gasteiger charge is -2.29. The van der Waals surface area contributed by atoms with Gasteiger partial charge in [0.25, 0.3) is 0 Å². The second-order valence-corrected chi connectivity index (χ2v) is 7.06. The Morgan fingerprint density at radius 3 is 2.43 bits per heavy atom. The van der Waals surface area contributed by atoms with Crippen molar-refractivity contribution in [3.05, 3.63) is 0 Å². The van der Waals surface area contributed by atoms with Crippen molar-refractivity contribution in [2.45, 2.75) is 58.3 Å². The number of ether oxygens (including phenoxy) is 1. The predicted octanol–water partition coefficient (Wildman–Crippen LogP) is 1.76. The van der Waals surface area contributed by atoms with E-state index in [0.717, 1.165) is 19.3 Å². The molecule has 1 saturated carbocycles. The fraction of sp³-hybridized carbons (Fsp3) is 0.875. The summed E-state index contributed by atoms with van der Waals surface area (Å²) in [6.45, 7) is 6.56. The number of nitrogens with zero attached hydrogens (tertiary/aromatic N) is 1. The maximum atomic E-state index is 12.9. The average Bonchev–Trinajstić information content (AvgIpc) is 3.02. The highest BCUT2D eigenvalue weighted by atomic mass is 16.5. The lowest BCUT2D eigenvalue weighted by Crippen LogP contribution is -2.48. The second kappa shape index (κ2) is 5.27. The minimum absolute atomic E-state index is 0.0128. The van der Waals surface area contributed by atoms with Crippen LogP contribution in [0.3, 0.4) is 0 Å². The molecular formula is C16H25NO4. The smallest absolute Gasteiger partial charge is 0.326 e. The van der Waals surface area contributed by atoms with Crippen LogP contribution in [-0.4, -0.2) is 46.7 Å². The zero-order chi connectivity index (χ0) is 15.3. The van der Waals surface area contributed by atoms with E-state index in [1.54, 1.807) is 4.90 Å². The minimum atomic E-state index is -0.843. The first kappa shape index (κ1) is 14.8. The summed E-state index contributed by atoms with van der Waals surface area (Å²) >= 11 is 0. The molecular weight excluding hydrogens is 270 g/mol. The molecule has 3 aliphatic rings. The molecule has 2 saturated heterocycles. The van der Waals surface area contributed by atoms with E-state index in [1.165, 1.54) is 0 Å². The number of fused-ring (bicyclic) bond motifs is 1. The quantitative estimate of drug-likeness (QED) is 0.843. The Bertz CT molecular complexity index is 452. The third-order valence-electron chi connectivity index (χ3n) is 5.95. The Balaban J connectivity index is 1.82. The number of likely N-dealkylation sites (tertiary alicyclic amines) is 1. The third-order valence-corrected chi connectivity index (χ3v) is 5.95. The topological polar surface area (TPSA) is 66.8 Å². The van der Waals surface area contributed by atoms with E-state index in [4.69, 9.17) is 4.74 Å². The highest BCUT2D eigenvalue weighted by Crippen LogP contribution is 2.44. The maximum absolute atomic E-state index is 12.9. The number of hydrogen-bond acceptors (Lipinski definition) is 3. The molecule has 0 bridgehead atoms. The Labute approximate surface area is 125 Å². The summed E-state index contributed by atoms with van der Waals surface area (Å²) in [5.74, 6) is -0.397. The molecule has 3 fully saturated rings. The summed E-state index contributed by atoms with van der Waals surface area (Å²) < 4.78 is 5.76. The van der Waals surface area contributed by atoms with Crippen LogP contribution in [0.1, 0.15) is 40.0 Å². The molecule has 2 aliphatic heterocycles. The molecule has 7 unspecified atom stereocenters. The fourth-order valence-electron chi connectivity index (χ4n) is 4.73. The monoisotopic (exact) mass is 295 g/mol. The first-order valence-corrected chi connectivity index (χ1v) is 8.10. The zero-order valence-corrected chi connectivity index (χ0v) is 13.0. The molecule has 1 amide bonds. The maximum Gasteiger partial charge on any atom is 0.326 e. The van der Waals surface area contributed by atoms with Crippen molar-refractivity contribution < 1.29 is 19.4 Å². The van der Waals surface area contributed by atoms with Crippen molar-refractivity contribution >= 4 is 11.9 Å². The Kier molecular flexibility index (Phi) is 3.72. The van der Waals surface area contributed by atoms with E-state index < -0.39 is 12.0 Å². The van der Waals surface area contributed by atoms with Crippen molar-refractivity contribution in [2.75, 3.05) is 6.54 Å². The largest absolute Gasteiger partial charge is 0.480 e. The Hall–Kier alpha value is -1.10. The number of carboxylic acids is 1. The Morgan fingerprint density at radius 1 is 1.14 bits per heavy atom. The van der Waals surface area contributed by atoms with Crippen LogP contribution in [-0.2, 0) is 14.3 Å². The first-order valence-electron chi connectivity index (χ1n) is 8.10. The number of amides is 1. The number of carbonyl (C=O) groups excluding carboxylic acids is 1. The van der Waals surface area contributed by atoms with E-state index in [0.29, 0.717) is 12.5 Å². The summed E-state index contributed by atoms with van der Waals surface area (Å²) in [4.78, 5) is 26.3. The standard InChI is InChI=1S/C16H25NO4/c1-8-9(2)21-10(3)13(8)15(18)17-7-11-5-4-6-12(11)14(17)16(19)20/h8-14H,4-7H2,1-3H3,(H,19,20). The van der Waals surface area contributed by atoms with Gasteiger partial charge in [0, 0.05) is 6.54 Å². The lowest BCUT2D eigenvalue weighted by molar-refractivity contribution is -0.152. The second-order valence-electron chi connectivity index (χ2n) is 7.06. The lowest BCUT2D eigenvalue weighted by atomic mass is 9.88. The molecule has 0 aromatic heterocycles. The van der Waals surface area contributed by atoms with Crippen LogP contribution in [0.4, 0.5) is 0 Å². The highest BCUT2D eigenvalue weighted by molar-refractivity contribution is 5.87. The van der Waals surface area contributed by atoms with Crippen LogP contribution in [0.15, 0.2) is 0 Å². The molecule has 0 aromatic carbocycles. The van der Waals surface area contributed by atoms with Crippen LogP contribution in [0.5, 0.6) is 0 Å². The number of carboxylic acid groups (broad SMARTS) is 1. The molecule has 1 N–H and O–H groups in total. The summed E-state index contributed by atoms with van der Waals surface area (Å²) in [6, 6.07) is -0.625. The minimum Gasteiger partial charge on any atom is -0.480 e. The summed E-state index contributed by atoms with van der Waals surface area (Å²) in [7, 11) is 0. The zero-order valence-electron chi connectivity index (χ0n) is 13.0. The SMILES string of the molecule is CC1OC(C)C(C(=O)N2CC3CCCC3C2C(=O)O)C1C. The van der Waals surface area contributed by atoms with Gasteiger partial charge in [-0.25, -0.2) is 4.79 Å². The van der Waals surface area contributed by atoms with Gasteiger partial charge in [-0.15, -0.1) is 0 Å². The fourth-order valence-corrected chi connectivity index (χ4v) is 4.73. The van der Waals surface area contributed by atoms with Crippen molar-refractivity contribution in [1.82, 2.24) is 4.90 Å². The van der Waals surface area contributed by atoms with E-state index >= 15 is 0 Å². The van der Waals surface area contributed by atoms with E-state index in [-0.39, 0.29) is 35.9 Å². The van der Waals surface area contributed by atoms with Gasteiger partial charge in [-0.05, 0) is 44.4 Å². The van der Waals surface area contributed by atoms with Gasteiger partial charge in [0.15, 0.2) is 0 Å². The van der Waals surface area contributed by atoms with Gasteiger partial charge in [-0.3, -0.25) is 4.79 Å². The van der Waals surface area contributed by atoms with Crippen LogP contribution in [0.25, 0.3) is 0 Å². The molecule has 5 heteroatoms. The van der Waals surface area contributed by atoms with Gasteiger partial charge in [-0.1, -0.05) is 13.3 Å². The van der Waals surface area contributed by atoms with Gasteiger partial charge < -0.3 is 14.7 Å². The molecule has 118 valence electrons. The molecule has 0 radical (unpaired) electrons. The molecule has 7 atom stereocenters. The van der Waals surface area contributed by atoms with E-state index in [2.05, 4.69) is 0 Å². The predicted molar refractivity (Wildman–Crippen MR) is 76.6 cm³/mol. The summed E-state index contributed by atoms with van der Waals surface area (Å²) in [6.07, 6.45) is 3.02.